The number of nitrogens with one attached hydrogen (secondary N) is 1. The van der Waals surface area contributed by atoms with Crippen molar-refractivity contribution in [3.63, 3.8) is 0 Å². The largest absolute Gasteiger partial charge is 0.379 e. The fourth-order valence-electron chi connectivity index (χ4n) is 3.26. The molecule has 2 rings (SSSR count). The minimum atomic E-state index is 0.0266. The molecule has 0 aromatic rings. The zero-order valence-corrected chi connectivity index (χ0v) is 12.4. The molecule has 2 saturated heterocycles. The molecule has 110 valence electrons. The Morgan fingerprint density at radius 1 is 1.32 bits per heavy atom. The van der Waals surface area contributed by atoms with Crippen LogP contribution in [0.25, 0.3) is 0 Å². The van der Waals surface area contributed by atoms with Crippen LogP contribution < -0.4 is 5.32 Å². The Bertz CT molecular complexity index is 296. The van der Waals surface area contributed by atoms with Gasteiger partial charge < -0.3 is 15.0 Å². The number of rotatable bonds is 5. The van der Waals surface area contributed by atoms with Crippen molar-refractivity contribution in [2.45, 2.75) is 58.0 Å². The van der Waals surface area contributed by atoms with Crippen LogP contribution in [0.3, 0.4) is 0 Å². The number of ether oxygens (including phenoxy) is 1. The Kier molecular flexibility index (Phi) is 5.64. The molecule has 4 nitrogen and oxygen atoms in total. The number of likely N-dealkylation sites (tertiary alicyclic amines) is 1. The van der Waals surface area contributed by atoms with Gasteiger partial charge in [0, 0.05) is 18.6 Å². The molecule has 0 saturated carbocycles. The van der Waals surface area contributed by atoms with Gasteiger partial charge in [0.05, 0.1) is 19.1 Å². The van der Waals surface area contributed by atoms with Crippen LogP contribution in [-0.2, 0) is 9.53 Å². The van der Waals surface area contributed by atoms with Crippen LogP contribution in [0.5, 0.6) is 0 Å². The first-order valence-electron chi connectivity index (χ1n) is 7.89. The second-order valence-corrected chi connectivity index (χ2v) is 5.79. The predicted octanol–water partition coefficient (Wildman–Crippen LogP) is 1.79. The Labute approximate surface area is 116 Å². The minimum absolute atomic E-state index is 0.0266. The standard InChI is InChI=1S/C15H28N2O2/c1-3-8-16-14-11-19-10-13(14)15(18)17-9-6-5-7-12(17)4-2/h12-14,16H,3-11H2,1-2H3. The first kappa shape index (κ1) is 14.8. The summed E-state index contributed by atoms with van der Waals surface area (Å²) in [5, 5.41) is 3.46. The summed E-state index contributed by atoms with van der Waals surface area (Å²) in [5.41, 5.74) is 0. The molecule has 1 amide bonds. The first-order chi connectivity index (χ1) is 9.27. The molecule has 2 aliphatic rings. The molecule has 3 atom stereocenters. The van der Waals surface area contributed by atoms with Gasteiger partial charge in [-0.05, 0) is 38.6 Å². The lowest BCUT2D eigenvalue weighted by Gasteiger charge is -2.37. The van der Waals surface area contributed by atoms with Crippen LogP contribution in [0.2, 0.25) is 0 Å². The Hall–Kier alpha value is -0.610. The lowest BCUT2D eigenvalue weighted by molar-refractivity contribution is -0.139. The summed E-state index contributed by atoms with van der Waals surface area (Å²) in [5.74, 6) is 0.344. The van der Waals surface area contributed by atoms with Gasteiger partial charge in [0.25, 0.3) is 0 Å². The Morgan fingerprint density at radius 3 is 2.89 bits per heavy atom. The molecule has 3 unspecified atom stereocenters. The summed E-state index contributed by atoms with van der Waals surface area (Å²) in [6.07, 6.45) is 5.76. The minimum Gasteiger partial charge on any atom is -0.379 e. The summed E-state index contributed by atoms with van der Waals surface area (Å²) in [6.45, 7) is 7.52. The molecule has 0 aromatic carbocycles. The van der Waals surface area contributed by atoms with Crippen LogP contribution in [0.4, 0.5) is 0 Å². The topological polar surface area (TPSA) is 41.6 Å². The van der Waals surface area contributed by atoms with E-state index in [2.05, 4.69) is 24.1 Å². The summed E-state index contributed by atoms with van der Waals surface area (Å²) in [6, 6.07) is 0.667. The molecule has 0 aromatic heterocycles. The van der Waals surface area contributed by atoms with Gasteiger partial charge >= 0.3 is 0 Å². The summed E-state index contributed by atoms with van der Waals surface area (Å²) >= 11 is 0. The Morgan fingerprint density at radius 2 is 2.16 bits per heavy atom. The second kappa shape index (κ2) is 7.25. The average molecular weight is 268 g/mol. The van der Waals surface area contributed by atoms with Crippen molar-refractivity contribution in [3.8, 4) is 0 Å². The van der Waals surface area contributed by atoms with Gasteiger partial charge in [-0.2, -0.15) is 0 Å². The van der Waals surface area contributed by atoms with Crippen molar-refractivity contribution in [1.29, 1.82) is 0 Å². The maximum absolute atomic E-state index is 12.7. The van der Waals surface area contributed by atoms with E-state index in [0.717, 1.165) is 32.4 Å². The molecule has 19 heavy (non-hydrogen) atoms. The van der Waals surface area contributed by atoms with Crippen molar-refractivity contribution < 1.29 is 9.53 Å². The summed E-state index contributed by atoms with van der Waals surface area (Å²) in [7, 11) is 0. The molecule has 2 aliphatic heterocycles. The summed E-state index contributed by atoms with van der Waals surface area (Å²) < 4.78 is 5.54. The quantitative estimate of drug-likeness (QED) is 0.826. The fraction of sp³-hybridized carbons (Fsp3) is 0.933. The molecular weight excluding hydrogens is 240 g/mol. The highest BCUT2D eigenvalue weighted by molar-refractivity contribution is 5.80. The van der Waals surface area contributed by atoms with E-state index in [0.29, 0.717) is 25.2 Å². The molecule has 0 spiro atoms. The number of carbonyl (C=O) groups excluding carboxylic acids is 1. The third kappa shape index (κ3) is 3.48. The maximum Gasteiger partial charge on any atom is 0.229 e. The normalized spacial score (nSPS) is 31.7. The van der Waals surface area contributed by atoms with E-state index < -0.39 is 0 Å². The average Bonchev–Trinajstić information content (AvgIpc) is 2.92. The SMILES string of the molecule is CCCNC1COCC1C(=O)N1CCCCC1CC. The highest BCUT2D eigenvalue weighted by atomic mass is 16.5. The fourth-order valence-corrected chi connectivity index (χ4v) is 3.26. The second-order valence-electron chi connectivity index (χ2n) is 5.79. The van der Waals surface area contributed by atoms with Gasteiger partial charge in [0.2, 0.25) is 5.91 Å². The molecule has 0 radical (unpaired) electrons. The monoisotopic (exact) mass is 268 g/mol. The van der Waals surface area contributed by atoms with Crippen LogP contribution in [0.15, 0.2) is 0 Å². The van der Waals surface area contributed by atoms with E-state index in [9.17, 15) is 4.79 Å². The van der Waals surface area contributed by atoms with Crippen LogP contribution in [0.1, 0.15) is 46.0 Å². The zero-order chi connectivity index (χ0) is 13.7. The van der Waals surface area contributed by atoms with Gasteiger partial charge in [-0.3, -0.25) is 4.79 Å². The van der Waals surface area contributed by atoms with Crippen molar-refractivity contribution >= 4 is 5.91 Å². The number of amides is 1. The number of hydrogen-bond acceptors (Lipinski definition) is 3. The molecule has 0 aliphatic carbocycles. The Balaban J connectivity index is 1.96. The molecule has 2 fully saturated rings. The van der Waals surface area contributed by atoms with Crippen LogP contribution in [0, 0.1) is 5.92 Å². The van der Waals surface area contributed by atoms with Gasteiger partial charge in [0.15, 0.2) is 0 Å². The highest BCUT2D eigenvalue weighted by Crippen LogP contribution is 2.24. The van der Waals surface area contributed by atoms with E-state index in [4.69, 9.17) is 4.74 Å². The third-order valence-corrected chi connectivity index (χ3v) is 4.44. The van der Waals surface area contributed by atoms with E-state index >= 15 is 0 Å². The molecule has 4 heteroatoms. The summed E-state index contributed by atoms with van der Waals surface area (Å²) in [4.78, 5) is 14.9. The van der Waals surface area contributed by atoms with Gasteiger partial charge in [-0.25, -0.2) is 0 Å². The maximum atomic E-state index is 12.7. The number of piperidine rings is 1. The van der Waals surface area contributed by atoms with E-state index in [-0.39, 0.29) is 12.0 Å². The predicted molar refractivity (Wildman–Crippen MR) is 76.0 cm³/mol. The molecule has 2 heterocycles. The van der Waals surface area contributed by atoms with Crippen molar-refractivity contribution in [1.82, 2.24) is 10.2 Å². The van der Waals surface area contributed by atoms with Crippen molar-refractivity contribution in [2.24, 2.45) is 5.92 Å². The van der Waals surface area contributed by atoms with Gasteiger partial charge in [0.1, 0.15) is 0 Å². The first-order valence-corrected chi connectivity index (χ1v) is 7.89. The zero-order valence-electron chi connectivity index (χ0n) is 12.4. The van der Waals surface area contributed by atoms with Crippen LogP contribution >= 0.6 is 0 Å². The molecule has 1 N–H and O–H groups in total. The molecular formula is C15H28N2O2. The van der Waals surface area contributed by atoms with Gasteiger partial charge in [-0.1, -0.05) is 13.8 Å². The molecule has 0 bridgehead atoms. The van der Waals surface area contributed by atoms with E-state index in [1.54, 1.807) is 0 Å². The van der Waals surface area contributed by atoms with Gasteiger partial charge in [-0.15, -0.1) is 0 Å². The third-order valence-electron chi connectivity index (χ3n) is 4.44. The lowest BCUT2D eigenvalue weighted by atomic mass is 9.95. The van der Waals surface area contributed by atoms with E-state index in [1.807, 2.05) is 0 Å². The highest BCUT2D eigenvalue weighted by Gasteiger charge is 2.38. The number of carbonyl (C=O) groups is 1. The van der Waals surface area contributed by atoms with Crippen molar-refractivity contribution in [3.05, 3.63) is 0 Å². The van der Waals surface area contributed by atoms with Crippen molar-refractivity contribution in [2.75, 3.05) is 26.3 Å². The number of nitrogens with zero attached hydrogens (tertiary/aromatic N) is 1. The lowest BCUT2D eigenvalue weighted by Crippen LogP contribution is -2.51. The smallest absolute Gasteiger partial charge is 0.229 e. The van der Waals surface area contributed by atoms with Crippen LogP contribution in [-0.4, -0.2) is 49.2 Å². The number of hydrogen-bond donors (Lipinski definition) is 1. The van der Waals surface area contributed by atoms with E-state index in [1.165, 1.54) is 12.8 Å².